The van der Waals surface area contributed by atoms with Crippen molar-refractivity contribution in [3.05, 3.63) is 28.8 Å². The summed E-state index contributed by atoms with van der Waals surface area (Å²) in [6, 6.07) is 0. The quantitative estimate of drug-likeness (QED) is 0.881. The predicted octanol–water partition coefficient (Wildman–Crippen LogP) is 0.594. The van der Waals surface area contributed by atoms with Gasteiger partial charge in [0, 0.05) is 19.3 Å². The van der Waals surface area contributed by atoms with Crippen molar-refractivity contribution in [1.82, 2.24) is 24.8 Å². The third-order valence-electron chi connectivity index (χ3n) is 5.22. The summed E-state index contributed by atoms with van der Waals surface area (Å²) in [6.07, 6.45) is 3.44. The van der Waals surface area contributed by atoms with Crippen LogP contribution in [0, 0.1) is 13.8 Å². The van der Waals surface area contributed by atoms with E-state index in [1.54, 1.807) is 10.9 Å². The first kappa shape index (κ1) is 15.7. The lowest BCUT2D eigenvalue weighted by Crippen LogP contribution is -2.44. The van der Waals surface area contributed by atoms with Gasteiger partial charge in [-0.25, -0.2) is 0 Å². The summed E-state index contributed by atoms with van der Waals surface area (Å²) in [6.45, 7) is 5.31. The third kappa shape index (κ3) is 2.45. The Balaban J connectivity index is 1.49. The SMILES string of the molecule is Cc1nn(C)c(C)c1CCn1cc(C2(O)CC[C@H]3CO[C@@H]2O3)nn1. The van der Waals surface area contributed by atoms with E-state index in [1.807, 2.05) is 18.7 Å². The fourth-order valence-corrected chi connectivity index (χ4v) is 3.61. The lowest BCUT2D eigenvalue weighted by molar-refractivity contribution is -0.219. The Hall–Kier alpha value is -1.77. The van der Waals surface area contributed by atoms with Crippen LogP contribution in [0.3, 0.4) is 0 Å². The minimum atomic E-state index is -1.20. The molecule has 1 unspecified atom stereocenters. The molecule has 0 aliphatic carbocycles. The molecule has 2 saturated heterocycles. The Kier molecular flexibility index (Phi) is 3.70. The number of rotatable bonds is 4. The van der Waals surface area contributed by atoms with Crippen LogP contribution in [0.4, 0.5) is 0 Å². The van der Waals surface area contributed by atoms with Crippen molar-refractivity contribution in [1.29, 1.82) is 0 Å². The Bertz CT molecular complexity index is 755. The van der Waals surface area contributed by atoms with E-state index in [1.165, 1.54) is 5.56 Å². The van der Waals surface area contributed by atoms with E-state index >= 15 is 0 Å². The molecule has 0 radical (unpaired) electrons. The molecule has 2 aliphatic heterocycles. The lowest BCUT2D eigenvalue weighted by Gasteiger charge is -2.34. The van der Waals surface area contributed by atoms with Gasteiger partial charge in [0.1, 0.15) is 5.69 Å². The van der Waals surface area contributed by atoms with Crippen LogP contribution in [0.15, 0.2) is 6.20 Å². The fraction of sp³-hybridized carbons (Fsp3) is 0.688. The first-order valence-corrected chi connectivity index (χ1v) is 8.36. The Labute approximate surface area is 140 Å². The summed E-state index contributed by atoms with van der Waals surface area (Å²) in [5, 5.41) is 23.7. The first-order valence-electron chi connectivity index (χ1n) is 8.36. The fourth-order valence-electron chi connectivity index (χ4n) is 3.61. The van der Waals surface area contributed by atoms with E-state index in [9.17, 15) is 5.11 Å². The van der Waals surface area contributed by atoms with E-state index in [4.69, 9.17) is 9.47 Å². The van der Waals surface area contributed by atoms with Crippen LogP contribution in [-0.2, 0) is 35.1 Å². The molecule has 0 saturated carbocycles. The molecule has 8 heteroatoms. The Morgan fingerprint density at radius 3 is 3.00 bits per heavy atom. The third-order valence-corrected chi connectivity index (χ3v) is 5.22. The highest BCUT2D eigenvalue weighted by Crippen LogP contribution is 2.40. The molecule has 1 N–H and O–H groups in total. The molecule has 2 aliphatic rings. The molecule has 2 bridgehead atoms. The highest BCUT2D eigenvalue weighted by atomic mass is 16.7. The van der Waals surface area contributed by atoms with Gasteiger partial charge in [0.25, 0.3) is 0 Å². The second-order valence-corrected chi connectivity index (χ2v) is 6.78. The highest BCUT2D eigenvalue weighted by Gasteiger charge is 2.51. The number of fused-ring (bicyclic) bond motifs is 2. The van der Waals surface area contributed by atoms with E-state index in [0.29, 0.717) is 25.3 Å². The number of hydrogen-bond donors (Lipinski definition) is 1. The van der Waals surface area contributed by atoms with E-state index in [2.05, 4.69) is 22.3 Å². The number of ether oxygens (including phenoxy) is 2. The summed E-state index contributed by atoms with van der Waals surface area (Å²) in [5.41, 5.74) is 2.76. The molecule has 0 amide bonds. The van der Waals surface area contributed by atoms with Crippen molar-refractivity contribution in [3.8, 4) is 0 Å². The largest absolute Gasteiger partial charge is 0.378 e. The predicted molar refractivity (Wildman–Crippen MR) is 84.2 cm³/mol. The molecule has 2 fully saturated rings. The molecule has 130 valence electrons. The van der Waals surface area contributed by atoms with E-state index in [0.717, 1.165) is 24.2 Å². The monoisotopic (exact) mass is 333 g/mol. The van der Waals surface area contributed by atoms with Crippen molar-refractivity contribution >= 4 is 0 Å². The second kappa shape index (κ2) is 5.65. The number of aryl methyl sites for hydroxylation is 3. The highest BCUT2D eigenvalue weighted by molar-refractivity contribution is 5.24. The van der Waals surface area contributed by atoms with Gasteiger partial charge in [0.2, 0.25) is 0 Å². The molecule has 0 spiro atoms. The maximum absolute atomic E-state index is 10.9. The lowest BCUT2D eigenvalue weighted by atomic mass is 9.90. The summed E-state index contributed by atoms with van der Waals surface area (Å²) >= 11 is 0. The van der Waals surface area contributed by atoms with Gasteiger partial charge in [0.15, 0.2) is 11.9 Å². The summed E-state index contributed by atoms with van der Waals surface area (Å²) in [5.74, 6) is 0. The summed E-state index contributed by atoms with van der Waals surface area (Å²) < 4.78 is 14.9. The average Bonchev–Trinajstić information content (AvgIpc) is 3.24. The second-order valence-electron chi connectivity index (χ2n) is 6.78. The number of aromatic nitrogens is 5. The van der Waals surface area contributed by atoms with Crippen LogP contribution >= 0.6 is 0 Å². The standard InChI is InChI=1S/C16H23N5O3/c1-10-13(11(2)20(3)18-10)5-7-21-8-14(17-19-21)16(22)6-4-12-9-23-15(16)24-12/h8,12,15,22H,4-7,9H2,1-3H3/t12-,15+,16?/m0/s1. The van der Waals surface area contributed by atoms with Crippen molar-refractivity contribution in [2.45, 2.75) is 57.6 Å². The van der Waals surface area contributed by atoms with E-state index in [-0.39, 0.29) is 6.10 Å². The van der Waals surface area contributed by atoms with Crippen LogP contribution < -0.4 is 0 Å². The van der Waals surface area contributed by atoms with Gasteiger partial charge in [-0.05, 0) is 38.7 Å². The summed E-state index contributed by atoms with van der Waals surface area (Å²) in [7, 11) is 1.95. The van der Waals surface area contributed by atoms with Crippen molar-refractivity contribution in [2.24, 2.45) is 7.05 Å². The normalized spacial score (nSPS) is 29.3. The zero-order valence-electron chi connectivity index (χ0n) is 14.3. The van der Waals surface area contributed by atoms with Crippen molar-refractivity contribution in [3.63, 3.8) is 0 Å². The molecule has 4 heterocycles. The molecule has 3 atom stereocenters. The number of aliphatic hydroxyl groups is 1. The van der Waals surface area contributed by atoms with Gasteiger partial charge in [-0.1, -0.05) is 5.21 Å². The van der Waals surface area contributed by atoms with Gasteiger partial charge >= 0.3 is 0 Å². The summed E-state index contributed by atoms with van der Waals surface area (Å²) in [4.78, 5) is 0. The Morgan fingerprint density at radius 1 is 1.42 bits per heavy atom. The van der Waals surface area contributed by atoms with Crippen molar-refractivity contribution < 1.29 is 14.6 Å². The zero-order chi connectivity index (χ0) is 16.9. The van der Waals surface area contributed by atoms with Crippen LogP contribution in [0.2, 0.25) is 0 Å². The smallest absolute Gasteiger partial charge is 0.192 e. The number of nitrogens with zero attached hydrogens (tertiary/aromatic N) is 5. The maximum atomic E-state index is 10.9. The molecule has 2 aromatic rings. The molecule has 4 rings (SSSR count). The molecular weight excluding hydrogens is 310 g/mol. The van der Waals surface area contributed by atoms with Gasteiger partial charge in [0.05, 0.1) is 24.6 Å². The van der Waals surface area contributed by atoms with Crippen LogP contribution in [0.25, 0.3) is 0 Å². The zero-order valence-corrected chi connectivity index (χ0v) is 14.3. The topological polar surface area (TPSA) is 87.2 Å². The van der Waals surface area contributed by atoms with Crippen molar-refractivity contribution in [2.75, 3.05) is 6.61 Å². The average molecular weight is 333 g/mol. The maximum Gasteiger partial charge on any atom is 0.192 e. The van der Waals surface area contributed by atoms with Crippen LogP contribution in [-0.4, -0.2) is 48.9 Å². The minimum Gasteiger partial charge on any atom is -0.378 e. The first-order chi connectivity index (χ1) is 11.5. The Morgan fingerprint density at radius 2 is 2.25 bits per heavy atom. The molecule has 2 aromatic heterocycles. The van der Waals surface area contributed by atoms with Gasteiger partial charge in [-0.3, -0.25) is 9.36 Å². The molecule has 0 aromatic carbocycles. The molecule has 8 nitrogen and oxygen atoms in total. The van der Waals surface area contributed by atoms with Crippen LogP contribution in [0.5, 0.6) is 0 Å². The van der Waals surface area contributed by atoms with E-state index < -0.39 is 11.9 Å². The number of hydrogen-bond acceptors (Lipinski definition) is 6. The van der Waals surface area contributed by atoms with Gasteiger partial charge in [-0.2, -0.15) is 5.10 Å². The molecular formula is C16H23N5O3. The van der Waals surface area contributed by atoms with Gasteiger partial charge < -0.3 is 14.6 Å². The van der Waals surface area contributed by atoms with Gasteiger partial charge in [-0.15, -0.1) is 5.10 Å². The minimum absolute atomic E-state index is 0.0989. The van der Waals surface area contributed by atoms with Crippen LogP contribution in [0.1, 0.15) is 35.5 Å². The molecule has 24 heavy (non-hydrogen) atoms.